The van der Waals surface area contributed by atoms with Crippen LogP contribution in [0.15, 0.2) is 18.2 Å². The van der Waals surface area contributed by atoms with Crippen molar-refractivity contribution in [3.05, 3.63) is 33.8 Å². The SMILES string of the molecule is Cl.Clc1ccc(Cl)c(CCN2CCNCC2)c1. The molecule has 0 bridgehead atoms. The molecule has 2 nitrogen and oxygen atoms in total. The quantitative estimate of drug-likeness (QED) is 0.922. The molecule has 0 amide bonds. The van der Waals surface area contributed by atoms with Crippen molar-refractivity contribution in [2.75, 3.05) is 32.7 Å². The van der Waals surface area contributed by atoms with E-state index in [0.29, 0.717) is 0 Å². The predicted molar refractivity (Wildman–Crippen MR) is 76.7 cm³/mol. The first kappa shape index (κ1) is 15.1. The summed E-state index contributed by atoms with van der Waals surface area (Å²) in [5.41, 5.74) is 1.15. The molecule has 0 aromatic heterocycles. The summed E-state index contributed by atoms with van der Waals surface area (Å²) in [7, 11) is 0. The van der Waals surface area contributed by atoms with Crippen LogP contribution in [0.2, 0.25) is 10.0 Å². The van der Waals surface area contributed by atoms with Gasteiger partial charge in [-0.1, -0.05) is 23.2 Å². The van der Waals surface area contributed by atoms with Crippen molar-refractivity contribution in [2.45, 2.75) is 6.42 Å². The molecule has 1 aromatic rings. The first-order valence-corrected chi connectivity index (χ1v) is 6.38. The third-order valence-corrected chi connectivity index (χ3v) is 3.52. The lowest BCUT2D eigenvalue weighted by Gasteiger charge is -2.27. The number of rotatable bonds is 3. The second-order valence-electron chi connectivity index (χ2n) is 4.08. The van der Waals surface area contributed by atoms with E-state index in [9.17, 15) is 0 Å². The predicted octanol–water partition coefficient (Wildman–Crippen LogP) is 2.86. The number of nitrogens with zero attached hydrogens (tertiary/aromatic N) is 1. The highest BCUT2D eigenvalue weighted by Gasteiger charge is 2.10. The maximum Gasteiger partial charge on any atom is 0.0439 e. The molecule has 0 aliphatic carbocycles. The van der Waals surface area contributed by atoms with E-state index in [4.69, 9.17) is 23.2 Å². The molecule has 5 heteroatoms. The molecule has 0 saturated carbocycles. The summed E-state index contributed by atoms with van der Waals surface area (Å²) >= 11 is 12.1. The maximum atomic E-state index is 6.12. The van der Waals surface area contributed by atoms with E-state index in [0.717, 1.165) is 54.8 Å². The van der Waals surface area contributed by atoms with Gasteiger partial charge in [0.25, 0.3) is 0 Å². The molecule has 0 unspecified atom stereocenters. The van der Waals surface area contributed by atoms with Gasteiger partial charge < -0.3 is 10.2 Å². The van der Waals surface area contributed by atoms with Gasteiger partial charge in [-0.2, -0.15) is 0 Å². The Morgan fingerprint density at radius 1 is 1.18 bits per heavy atom. The summed E-state index contributed by atoms with van der Waals surface area (Å²) in [6.07, 6.45) is 0.972. The van der Waals surface area contributed by atoms with Gasteiger partial charge in [0.2, 0.25) is 0 Å². The number of nitrogens with one attached hydrogen (secondary N) is 1. The van der Waals surface area contributed by atoms with Gasteiger partial charge in [-0.25, -0.2) is 0 Å². The zero-order valence-corrected chi connectivity index (χ0v) is 11.9. The third kappa shape index (κ3) is 4.65. The van der Waals surface area contributed by atoms with E-state index >= 15 is 0 Å². The van der Waals surface area contributed by atoms with Crippen LogP contribution in [-0.2, 0) is 6.42 Å². The molecule has 1 N–H and O–H groups in total. The highest BCUT2D eigenvalue weighted by Crippen LogP contribution is 2.21. The topological polar surface area (TPSA) is 15.3 Å². The molecule has 96 valence electrons. The van der Waals surface area contributed by atoms with Crippen molar-refractivity contribution in [3.63, 3.8) is 0 Å². The fourth-order valence-corrected chi connectivity index (χ4v) is 2.35. The van der Waals surface area contributed by atoms with Crippen molar-refractivity contribution in [2.24, 2.45) is 0 Å². The zero-order valence-electron chi connectivity index (χ0n) is 9.59. The first-order chi connectivity index (χ1) is 7.75. The minimum absolute atomic E-state index is 0. The molecule has 1 aliphatic heterocycles. The Bertz CT molecular complexity index is 352. The lowest BCUT2D eigenvalue weighted by Crippen LogP contribution is -2.44. The van der Waals surface area contributed by atoms with Gasteiger partial charge in [0.15, 0.2) is 0 Å². The van der Waals surface area contributed by atoms with Crippen LogP contribution in [0, 0.1) is 0 Å². The van der Waals surface area contributed by atoms with Crippen LogP contribution in [0.3, 0.4) is 0 Å². The van der Waals surface area contributed by atoms with Crippen molar-refractivity contribution >= 4 is 35.6 Å². The number of benzene rings is 1. The van der Waals surface area contributed by atoms with E-state index in [1.807, 2.05) is 18.2 Å². The number of hydrogen-bond acceptors (Lipinski definition) is 2. The molecule has 17 heavy (non-hydrogen) atoms. The molecule has 0 atom stereocenters. The Labute approximate surface area is 119 Å². The van der Waals surface area contributed by atoms with Gasteiger partial charge in [0.05, 0.1) is 0 Å². The van der Waals surface area contributed by atoms with Gasteiger partial charge in [-0.05, 0) is 30.2 Å². The molecule has 1 heterocycles. The normalized spacial score (nSPS) is 16.6. The molecule has 1 fully saturated rings. The van der Waals surface area contributed by atoms with Crippen LogP contribution >= 0.6 is 35.6 Å². The summed E-state index contributed by atoms with van der Waals surface area (Å²) in [6, 6.07) is 5.67. The molecular formula is C12H17Cl3N2. The fourth-order valence-electron chi connectivity index (χ4n) is 1.95. The molecular weight excluding hydrogens is 279 g/mol. The largest absolute Gasteiger partial charge is 0.314 e. The van der Waals surface area contributed by atoms with Gasteiger partial charge in [-0.3, -0.25) is 0 Å². The molecule has 0 radical (unpaired) electrons. The molecule has 1 aromatic carbocycles. The Morgan fingerprint density at radius 2 is 1.88 bits per heavy atom. The van der Waals surface area contributed by atoms with E-state index < -0.39 is 0 Å². The van der Waals surface area contributed by atoms with Gasteiger partial charge >= 0.3 is 0 Å². The summed E-state index contributed by atoms with van der Waals surface area (Å²) in [5.74, 6) is 0. The first-order valence-electron chi connectivity index (χ1n) is 5.63. The average Bonchev–Trinajstić information content (AvgIpc) is 2.32. The lowest BCUT2D eigenvalue weighted by atomic mass is 10.1. The standard InChI is InChI=1S/C12H16Cl2N2.ClH/c13-11-1-2-12(14)10(9-11)3-6-16-7-4-15-5-8-16;/h1-2,9,15H,3-8H2;1H. The second-order valence-corrected chi connectivity index (χ2v) is 4.92. The van der Waals surface area contributed by atoms with E-state index in [1.165, 1.54) is 0 Å². The van der Waals surface area contributed by atoms with Crippen molar-refractivity contribution in [1.82, 2.24) is 10.2 Å². The minimum Gasteiger partial charge on any atom is -0.314 e. The minimum atomic E-state index is 0. The Balaban J connectivity index is 0.00000144. The summed E-state index contributed by atoms with van der Waals surface area (Å²) in [5, 5.41) is 4.93. The van der Waals surface area contributed by atoms with Gasteiger partial charge in [0.1, 0.15) is 0 Å². The van der Waals surface area contributed by atoms with E-state index in [-0.39, 0.29) is 12.4 Å². The summed E-state index contributed by atoms with van der Waals surface area (Å²) in [4.78, 5) is 2.45. The molecule has 2 rings (SSSR count). The summed E-state index contributed by atoms with van der Waals surface area (Å²) < 4.78 is 0. The zero-order chi connectivity index (χ0) is 11.4. The number of hydrogen-bond donors (Lipinski definition) is 1. The molecule has 0 spiro atoms. The van der Waals surface area contributed by atoms with Crippen LogP contribution in [-0.4, -0.2) is 37.6 Å². The van der Waals surface area contributed by atoms with E-state index in [2.05, 4.69) is 10.2 Å². The number of halogens is 3. The smallest absolute Gasteiger partial charge is 0.0439 e. The lowest BCUT2D eigenvalue weighted by molar-refractivity contribution is 0.244. The molecule has 1 saturated heterocycles. The molecule has 1 aliphatic rings. The van der Waals surface area contributed by atoms with Crippen molar-refractivity contribution in [1.29, 1.82) is 0 Å². The average molecular weight is 296 g/mol. The Morgan fingerprint density at radius 3 is 2.59 bits per heavy atom. The van der Waals surface area contributed by atoms with Crippen molar-refractivity contribution < 1.29 is 0 Å². The van der Waals surface area contributed by atoms with Crippen LogP contribution in [0.25, 0.3) is 0 Å². The highest BCUT2D eigenvalue weighted by atomic mass is 35.5. The van der Waals surface area contributed by atoms with Gasteiger partial charge in [-0.15, -0.1) is 12.4 Å². The third-order valence-electron chi connectivity index (χ3n) is 2.91. The summed E-state index contributed by atoms with van der Waals surface area (Å²) in [6.45, 7) is 5.48. The van der Waals surface area contributed by atoms with Crippen LogP contribution in [0.5, 0.6) is 0 Å². The van der Waals surface area contributed by atoms with Crippen LogP contribution in [0.1, 0.15) is 5.56 Å². The highest BCUT2D eigenvalue weighted by molar-refractivity contribution is 6.33. The van der Waals surface area contributed by atoms with Crippen molar-refractivity contribution in [3.8, 4) is 0 Å². The van der Waals surface area contributed by atoms with Gasteiger partial charge in [0, 0.05) is 42.8 Å². The van der Waals surface area contributed by atoms with E-state index in [1.54, 1.807) is 0 Å². The number of piperazine rings is 1. The maximum absolute atomic E-state index is 6.12. The van der Waals surface area contributed by atoms with Crippen LogP contribution in [0.4, 0.5) is 0 Å². The Hall–Kier alpha value is 0.01000. The monoisotopic (exact) mass is 294 g/mol. The van der Waals surface area contributed by atoms with Crippen LogP contribution < -0.4 is 5.32 Å². The second kappa shape index (κ2) is 7.45. The fraction of sp³-hybridized carbons (Fsp3) is 0.500. The Kier molecular flexibility index (Phi) is 6.60.